The van der Waals surface area contributed by atoms with Gasteiger partial charge in [-0.05, 0) is 169 Å². The highest BCUT2D eigenvalue weighted by atomic mass is 16.3. The zero-order valence-corrected chi connectivity index (χ0v) is 37.0. The van der Waals surface area contributed by atoms with Gasteiger partial charge in [-0.3, -0.25) is 0 Å². The minimum Gasteiger partial charge on any atom is -0.395 e. The molecule has 0 aliphatic carbocycles. The molecule has 0 radical (unpaired) electrons. The molecule has 4 aliphatic heterocycles. The highest BCUT2D eigenvalue weighted by Crippen LogP contribution is 2.36. The van der Waals surface area contributed by atoms with E-state index in [-0.39, 0.29) is 0 Å². The molecule has 4 rings (SSSR count). The van der Waals surface area contributed by atoms with Crippen molar-refractivity contribution in [2.45, 2.75) is 154 Å². The van der Waals surface area contributed by atoms with Gasteiger partial charge >= 0.3 is 0 Å². The summed E-state index contributed by atoms with van der Waals surface area (Å²) in [4.78, 5) is 9.83. The van der Waals surface area contributed by atoms with Crippen molar-refractivity contribution < 1.29 is 5.11 Å². The fourth-order valence-corrected chi connectivity index (χ4v) is 8.61. The Hall–Kier alpha value is -0.710. The molecule has 4 saturated heterocycles. The summed E-state index contributed by atoms with van der Waals surface area (Å²) in [5.41, 5.74) is 1.98. The molecule has 1 N–H and O–H groups in total. The third-order valence-electron chi connectivity index (χ3n) is 12.9. The zero-order valence-electron chi connectivity index (χ0n) is 37.0. The number of aliphatic hydroxyl groups excluding tert-OH is 1. The first-order valence-corrected chi connectivity index (χ1v) is 21.4. The Kier molecular flexibility index (Phi) is 22.0. The van der Waals surface area contributed by atoms with Crippen LogP contribution in [-0.2, 0) is 0 Å². The largest absolute Gasteiger partial charge is 0.395 e. The molecule has 0 aromatic carbocycles. The number of aliphatic hydroxyl groups is 1. The number of piperidine rings is 4. The summed E-state index contributed by atoms with van der Waals surface area (Å²) in [5.74, 6) is 3.61. The summed E-state index contributed by atoms with van der Waals surface area (Å²) in [5, 5.41) is 17.3. The standard InChI is InChI=1S/C12H22N2.C12H25N.C11H23NO.C10H21N/c1-12(2,3)11-5-9-14(10-6-11)8-4-7-13;1-5-8-13-9-6-11(7-10-13)12(2,3)4;1-11(2,3)10-4-6-12(7-5-10)8-9-13;1-10(2,3)9-5-7-11(4)8-6-9/h11H,4-6,8-10H2,1-3H3;11H,5-10H2,1-4H3;10,13H,4-9H2,1-3H3;9H,5-8H2,1-4H3. The van der Waals surface area contributed by atoms with Crippen LogP contribution in [-0.4, -0.2) is 110 Å². The van der Waals surface area contributed by atoms with E-state index < -0.39 is 0 Å². The Morgan fingerprint density at radius 2 is 0.765 bits per heavy atom. The van der Waals surface area contributed by atoms with Crippen LogP contribution in [0.2, 0.25) is 0 Å². The number of hydrogen-bond donors (Lipinski definition) is 1. The van der Waals surface area contributed by atoms with Crippen molar-refractivity contribution in [3.05, 3.63) is 0 Å². The predicted molar refractivity (Wildman–Crippen MR) is 223 cm³/mol. The van der Waals surface area contributed by atoms with Gasteiger partial charge in [0.05, 0.1) is 12.7 Å². The molecule has 6 heteroatoms. The first kappa shape index (κ1) is 48.3. The minimum atomic E-state index is 0.306. The second kappa shape index (κ2) is 23.3. The average molecular weight is 718 g/mol. The van der Waals surface area contributed by atoms with Gasteiger partial charge in [0.25, 0.3) is 0 Å². The molecule has 0 spiro atoms. The van der Waals surface area contributed by atoms with Crippen molar-refractivity contribution in [1.82, 2.24) is 19.6 Å². The van der Waals surface area contributed by atoms with Crippen LogP contribution in [0.25, 0.3) is 0 Å². The molecule has 4 heterocycles. The summed E-state index contributed by atoms with van der Waals surface area (Å²) < 4.78 is 0. The fourth-order valence-electron chi connectivity index (χ4n) is 8.61. The van der Waals surface area contributed by atoms with Gasteiger partial charge in [0.15, 0.2) is 0 Å². The minimum absolute atomic E-state index is 0.306. The van der Waals surface area contributed by atoms with Crippen LogP contribution < -0.4 is 0 Å². The van der Waals surface area contributed by atoms with Crippen LogP contribution in [0.4, 0.5) is 0 Å². The third kappa shape index (κ3) is 20.5. The quantitative estimate of drug-likeness (QED) is 0.295. The van der Waals surface area contributed by atoms with Crippen molar-refractivity contribution >= 4 is 0 Å². The first-order valence-electron chi connectivity index (χ1n) is 21.4. The fraction of sp³-hybridized carbons (Fsp3) is 0.978. The van der Waals surface area contributed by atoms with Gasteiger partial charge in [-0.15, -0.1) is 0 Å². The first-order chi connectivity index (χ1) is 23.6. The lowest BCUT2D eigenvalue weighted by Crippen LogP contribution is -2.39. The monoisotopic (exact) mass is 718 g/mol. The van der Waals surface area contributed by atoms with Crippen LogP contribution in [0.1, 0.15) is 154 Å². The predicted octanol–water partition coefficient (Wildman–Crippen LogP) is 9.92. The molecule has 0 unspecified atom stereocenters. The maximum absolute atomic E-state index is 8.80. The molecule has 0 bridgehead atoms. The van der Waals surface area contributed by atoms with Crippen molar-refractivity contribution in [2.75, 3.05) is 85.6 Å². The van der Waals surface area contributed by atoms with Crippen molar-refractivity contribution in [3.8, 4) is 6.07 Å². The van der Waals surface area contributed by atoms with E-state index in [0.29, 0.717) is 34.7 Å². The van der Waals surface area contributed by atoms with E-state index in [0.717, 1.165) is 36.8 Å². The number of nitriles is 1. The van der Waals surface area contributed by atoms with Crippen LogP contribution in [0.3, 0.4) is 0 Å². The maximum atomic E-state index is 8.80. The van der Waals surface area contributed by atoms with E-state index in [4.69, 9.17) is 10.4 Å². The van der Waals surface area contributed by atoms with Gasteiger partial charge in [0, 0.05) is 19.5 Å². The average Bonchev–Trinajstić information content (AvgIpc) is 3.04. The molecule has 4 fully saturated rings. The van der Waals surface area contributed by atoms with Crippen LogP contribution >= 0.6 is 0 Å². The lowest BCUT2D eigenvalue weighted by molar-refractivity contribution is 0.0978. The van der Waals surface area contributed by atoms with Gasteiger partial charge in [-0.25, -0.2) is 0 Å². The van der Waals surface area contributed by atoms with Crippen molar-refractivity contribution in [1.29, 1.82) is 5.26 Å². The van der Waals surface area contributed by atoms with E-state index in [9.17, 15) is 0 Å². The lowest BCUT2D eigenvalue weighted by atomic mass is 9.75. The van der Waals surface area contributed by atoms with E-state index in [1.165, 1.54) is 117 Å². The highest BCUT2D eigenvalue weighted by Gasteiger charge is 2.31. The summed E-state index contributed by atoms with van der Waals surface area (Å²) in [6, 6.07) is 2.21. The number of rotatable bonds is 6. The molecule has 302 valence electrons. The summed E-state index contributed by atoms with van der Waals surface area (Å²) in [6.07, 6.45) is 12.8. The van der Waals surface area contributed by atoms with Crippen LogP contribution in [0.5, 0.6) is 0 Å². The third-order valence-corrected chi connectivity index (χ3v) is 12.9. The number of hydrogen-bond acceptors (Lipinski definition) is 6. The van der Waals surface area contributed by atoms with Gasteiger partial charge in [-0.1, -0.05) is 90.0 Å². The molecule has 4 aliphatic rings. The summed E-state index contributed by atoms with van der Waals surface area (Å²) in [6.45, 7) is 43.9. The van der Waals surface area contributed by atoms with E-state index in [2.05, 4.69) is 123 Å². The van der Waals surface area contributed by atoms with Crippen molar-refractivity contribution in [3.63, 3.8) is 0 Å². The lowest BCUT2D eigenvalue weighted by Gasteiger charge is -2.38. The Morgan fingerprint density at radius 1 is 0.490 bits per heavy atom. The zero-order chi connectivity index (χ0) is 38.9. The van der Waals surface area contributed by atoms with Gasteiger partial charge in [0.2, 0.25) is 0 Å². The molecule has 0 amide bonds. The normalized spacial score (nSPS) is 22.2. The molecule has 0 atom stereocenters. The topological polar surface area (TPSA) is 57.0 Å². The van der Waals surface area contributed by atoms with E-state index in [1.54, 1.807) is 0 Å². The van der Waals surface area contributed by atoms with Gasteiger partial charge < -0.3 is 24.7 Å². The molecule has 0 aromatic rings. The molecule has 0 aromatic heterocycles. The van der Waals surface area contributed by atoms with E-state index >= 15 is 0 Å². The second-order valence-corrected chi connectivity index (χ2v) is 21.0. The van der Waals surface area contributed by atoms with Crippen LogP contribution in [0.15, 0.2) is 0 Å². The SMILES string of the molecule is CC(C)(C)C1CCN(CCC#N)CC1.CC(C)(C)C1CCN(CCO)CC1.CCCN1CCC(C(C)(C)C)CC1.CN1CCC(C(C)(C)C)CC1. The molecular formula is C45H91N5O. The molecular weight excluding hydrogens is 627 g/mol. The summed E-state index contributed by atoms with van der Waals surface area (Å²) in [7, 11) is 2.22. The maximum Gasteiger partial charge on any atom is 0.0635 e. The van der Waals surface area contributed by atoms with Crippen LogP contribution in [0, 0.1) is 56.7 Å². The molecule has 0 saturated carbocycles. The van der Waals surface area contributed by atoms with Gasteiger partial charge in [-0.2, -0.15) is 5.26 Å². The van der Waals surface area contributed by atoms with E-state index in [1.807, 2.05) is 0 Å². The molecule has 51 heavy (non-hydrogen) atoms. The van der Waals surface area contributed by atoms with Crippen molar-refractivity contribution in [2.24, 2.45) is 45.3 Å². The number of likely N-dealkylation sites (tertiary alicyclic amines) is 4. The number of nitrogens with zero attached hydrogens (tertiary/aromatic N) is 5. The Labute approximate surface area is 320 Å². The molecule has 6 nitrogen and oxygen atoms in total. The summed E-state index contributed by atoms with van der Waals surface area (Å²) >= 11 is 0. The Bertz CT molecular complexity index is 865. The Morgan fingerprint density at radius 3 is 1.02 bits per heavy atom. The highest BCUT2D eigenvalue weighted by molar-refractivity contribution is 4.84. The number of β-amino-alcohol motifs (C(OH)–C–C–N with tert-alkyl or cyclic N) is 1. The Balaban J connectivity index is 0.000000341. The van der Waals surface area contributed by atoms with Gasteiger partial charge in [0.1, 0.15) is 0 Å². The second-order valence-electron chi connectivity index (χ2n) is 21.0. The smallest absolute Gasteiger partial charge is 0.0635 e.